The monoisotopic (exact) mass is 278 g/mol. The quantitative estimate of drug-likeness (QED) is 0.648. The molecule has 2 rings (SSSR count). The Hall–Kier alpha value is -1.52. The molecule has 0 radical (unpaired) electrons. The van der Waals surface area contributed by atoms with E-state index in [0.29, 0.717) is 17.9 Å². The van der Waals surface area contributed by atoms with Gasteiger partial charge in [-0.3, -0.25) is 0 Å². The summed E-state index contributed by atoms with van der Waals surface area (Å²) in [5.74, 6) is 0.972. The minimum absolute atomic E-state index is 0.223. The van der Waals surface area contributed by atoms with Crippen LogP contribution in [0.3, 0.4) is 0 Å². The van der Waals surface area contributed by atoms with Crippen LogP contribution in [0.2, 0.25) is 0 Å². The van der Waals surface area contributed by atoms with Crippen molar-refractivity contribution in [1.82, 2.24) is 0 Å². The molecule has 100 valence electrons. The van der Waals surface area contributed by atoms with Gasteiger partial charge < -0.3 is 9.84 Å². The van der Waals surface area contributed by atoms with Crippen molar-refractivity contribution in [2.24, 2.45) is 0 Å². The largest absolute Gasteiger partial charge is 0.492 e. The minimum Gasteiger partial charge on any atom is -0.492 e. The summed E-state index contributed by atoms with van der Waals surface area (Å²) in [6, 6.07) is 14.2. The van der Waals surface area contributed by atoms with Crippen LogP contribution in [0.25, 0.3) is 0 Å². The lowest BCUT2D eigenvalue weighted by Gasteiger charge is -2.10. The van der Waals surface area contributed by atoms with Crippen molar-refractivity contribution in [3.05, 3.63) is 59.9 Å². The highest BCUT2D eigenvalue weighted by Gasteiger charge is 2.04. The number of aliphatic hydroxyl groups excluding tert-OH is 1. The molecule has 0 fully saturated rings. The van der Waals surface area contributed by atoms with E-state index >= 15 is 0 Å². The van der Waals surface area contributed by atoms with E-state index in [-0.39, 0.29) is 12.4 Å². The Kier molecular flexibility index (Phi) is 5.24. The number of hydrogen-bond acceptors (Lipinski definition) is 3. The van der Waals surface area contributed by atoms with Gasteiger partial charge in [0, 0.05) is 16.2 Å². The van der Waals surface area contributed by atoms with Crippen LogP contribution in [0.5, 0.6) is 5.75 Å². The maximum Gasteiger partial charge on any atom is 0.125 e. The molecule has 2 nitrogen and oxygen atoms in total. The Morgan fingerprint density at radius 2 is 1.89 bits per heavy atom. The average Bonchev–Trinajstić information content (AvgIpc) is 2.46. The zero-order valence-corrected chi connectivity index (χ0v) is 11.2. The predicted molar refractivity (Wildman–Crippen MR) is 75.0 cm³/mol. The third-order valence-electron chi connectivity index (χ3n) is 2.55. The van der Waals surface area contributed by atoms with Crippen LogP contribution >= 0.6 is 11.8 Å². The Morgan fingerprint density at radius 1 is 1.11 bits per heavy atom. The van der Waals surface area contributed by atoms with Gasteiger partial charge in [0.15, 0.2) is 0 Å². The fourth-order valence-electron chi connectivity index (χ4n) is 1.64. The van der Waals surface area contributed by atoms with Crippen molar-refractivity contribution in [3.8, 4) is 5.75 Å². The molecule has 0 atom stereocenters. The third-order valence-corrected chi connectivity index (χ3v) is 3.52. The Bertz CT molecular complexity index is 517. The zero-order chi connectivity index (χ0) is 13.5. The molecule has 0 amide bonds. The summed E-state index contributed by atoms with van der Waals surface area (Å²) >= 11 is 1.69. The molecular formula is C15H15FO2S. The van der Waals surface area contributed by atoms with Crippen molar-refractivity contribution >= 4 is 11.8 Å². The summed E-state index contributed by atoms with van der Waals surface area (Å²) < 4.78 is 18.5. The average molecular weight is 278 g/mol. The molecule has 0 aliphatic carbocycles. The standard InChI is InChI=1S/C15H15FO2S/c16-13-6-7-15(12(10-13)11-17)18-8-9-19-14-4-2-1-3-5-14/h1-7,10,17H,8-9,11H2. The third kappa shape index (κ3) is 4.26. The van der Waals surface area contributed by atoms with E-state index in [9.17, 15) is 4.39 Å². The molecule has 0 aliphatic heterocycles. The molecule has 4 heteroatoms. The zero-order valence-electron chi connectivity index (χ0n) is 10.4. The SMILES string of the molecule is OCc1cc(F)ccc1OCCSc1ccccc1. The number of hydrogen-bond donors (Lipinski definition) is 1. The summed E-state index contributed by atoms with van der Waals surface area (Å²) in [5, 5.41) is 9.13. The fourth-order valence-corrected chi connectivity index (χ4v) is 2.39. The van der Waals surface area contributed by atoms with Gasteiger partial charge in [-0.05, 0) is 30.3 Å². The fraction of sp³-hybridized carbons (Fsp3) is 0.200. The summed E-state index contributed by atoms with van der Waals surface area (Å²) in [5.41, 5.74) is 0.477. The first kappa shape index (κ1) is 13.9. The number of thioether (sulfide) groups is 1. The molecule has 0 aromatic heterocycles. The van der Waals surface area contributed by atoms with Crippen molar-refractivity contribution in [2.75, 3.05) is 12.4 Å². The Labute approximate surface area is 116 Å². The van der Waals surface area contributed by atoms with Gasteiger partial charge in [-0.15, -0.1) is 11.8 Å². The van der Waals surface area contributed by atoms with Crippen LogP contribution in [-0.2, 0) is 6.61 Å². The van der Waals surface area contributed by atoms with Gasteiger partial charge in [0.1, 0.15) is 11.6 Å². The van der Waals surface area contributed by atoms with E-state index < -0.39 is 0 Å². The van der Waals surface area contributed by atoms with Crippen LogP contribution in [0.15, 0.2) is 53.4 Å². The van der Waals surface area contributed by atoms with E-state index in [1.807, 2.05) is 30.3 Å². The first-order valence-corrected chi connectivity index (χ1v) is 6.98. The molecule has 0 spiro atoms. The van der Waals surface area contributed by atoms with Gasteiger partial charge in [0.05, 0.1) is 13.2 Å². The van der Waals surface area contributed by atoms with Crippen molar-refractivity contribution < 1.29 is 14.2 Å². The smallest absolute Gasteiger partial charge is 0.125 e. The van der Waals surface area contributed by atoms with Crippen LogP contribution in [0.4, 0.5) is 4.39 Å². The van der Waals surface area contributed by atoms with E-state index in [1.54, 1.807) is 17.8 Å². The Morgan fingerprint density at radius 3 is 2.63 bits per heavy atom. The highest BCUT2D eigenvalue weighted by Crippen LogP contribution is 2.21. The second-order valence-electron chi connectivity index (χ2n) is 3.92. The van der Waals surface area contributed by atoms with Gasteiger partial charge >= 0.3 is 0 Å². The van der Waals surface area contributed by atoms with Crippen LogP contribution in [0, 0.1) is 5.82 Å². The molecule has 0 saturated heterocycles. The van der Waals surface area contributed by atoms with Gasteiger partial charge in [-0.2, -0.15) is 0 Å². The van der Waals surface area contributed by atoms with Crippen LogP contribution in [-0.4, -0.2) is 17.5 Å². The molecule has 2 aromatic carbocycles. The van der Waals surface area contributed by atoms with Crippen molar-refractivity contribution in [3.63, 3.8) is 0 Å². The number of halogens is 1. The summed E-state index contributed by atoms with van der Waals surface area (Å²) in [6.45, 7) is 0.289. The number of ether oxygens (including phenoxy) is 1. The molecule has 0 heterocycles. The van der Waals surface area contributed by atoms with E-state index in [4.69, 9.17) is 9.84 Å². The van der Waals surface area contributed by atoms with E-state index in [2.05, 4.69) is 0 Å². The van der Waals surface area contributed by atoms with Gasteiger partial charge in [-0.1, -0.05) is 18.2 Å². The normalized spacial score (nSPS) is 10.4. The lowest BCUT2D eigenvalue weighted by Crippen LogP contribution is -2.03. The molecule has 1 N–H and O–H groups in total. The van der Waals surface area contributed by atoms with E-state index in [1.165, 1.54) is 17.0 Å². The maximum atomic E-state index is 13.0. The highest BCUT2D eigenvalue weighted by molar-refractivity contribution is 7.99. The molecule has 0 aliphatic rings. The molecular weight excluding hydrogens is 263 g/mol. The highest BCUT2D eigenvalue weighted by atomic mass is 32.2. The second-order valence-corrected chi connectivity index (χ2v) is 5.09. The summed E-state index contributed by atoms with van der Waals surface area (Å²) in [4.78, 5) is 1.19. The van der Waals surface area contributed by atoms with Crippen molar-refractivity contribution in [1.29, 1.82) is 0 Å². The number of benzene rings is 2. The molecule has 0 bridgehead atoms. The first-order valence-electron chi connectivity index (χ1n) is 5.99. The summed E-state index contributed by atoms with van der Waals surface area (Å²) in [6.07, 6.45) is 0. The van der Waals surface area contributed by atoms with Crippen LogP contribution in [0.1, 0.15) is 5.56 Å². The van der Waals surface area contributed by atoms with E-state index in [0.717, 1.165) is 5.75 Å². The second kappa shape index (κ2) is 7.16. The first-order chi connectivity index (χ1) is 9.29. The van der Waals surface area contributed by atoms with Crippen LogP contribution < -0.4 is 4.74 Å². The predicted octanol–water partition coefficient (Wildman–Crippen LogP) is 3.49. The number of aliphatic hydroxyl groups is 1. The van der Waals surface area contributed by atoms with Gasteiger partial charge in [0.2, 0.25) is 0 Å². The van der Waals surface area contributed by atoms with Gasteiger partial charge in [-0.25, -0.2) is 4.39 Å². The van der Waals surface area contributed by atoms with Crippen molar-refractivity contribution in [2.45, 2.75) is 11.5 Å². The topological polar surface area (TPSA) is 29.5 Å². The maximum absolute atomic E-state index is 13.0. The lowest BCUT2D eigenvalue weighted by molar-refractivity contribution is 0.266. The molecule has 19 heavy (non-hydrogen) atoms. The minimum atomic E-state index is -0.366. The molecule has 2 aromatic rings. The Balaban J connectivity index is 1.83. The molecule has 0 saturated carbocycles. The van der Waals surface area contributed by atoms with Gasteiger partial charge in [0.25, 0.3) is 0 Å². The molecule has 0 unspecified atom stereocenters. The lowest BCUT2D eigenvalue weighted by atomic mass is 10.2. The summed E-state index contributed by atoms with van der Waals surface area (Å²) in [7, 11) is 0. The number of rotatable bonds is 6.